The number of hydrogen-bond donors (Lipinski definition) is 1. The van der Waals surface area contributed by atoms with Crippen LogP contribution < -0.4 is 5.32 Å². The highest BCUT2D eigenvalue weighted by Crippen LogP contribution is 1.82. The molecule has 0 saturated heterocycles. The van der Waals surface area contributed by atoms with E-state index in [0.717, 1.165) is 6.92 Å². The summed E-state index contributed by atoms with van der Waals surface area (Å²) in [5.74, 6) is -2.85. The van der Waals surface area contributed by atoms with Crippen LogP contribution in [0, 0.1) is 0 Å². The van der Waals surface area contributed by atoms with Crippen LogP contribution in [0.5, 0.6) is 0 Å². The van der Waals surface area contributed by atoms with Crippen LogP contribution >= 0.6 is 0 Å². The largest absolute Gasteiger partial charge is 0.463 e. The molecule has 0 fully saturated rings. The standard InChI is InChI=1S/C7H9N3O4/c1-3-14-7(13)5(10-8)6(12)9-4(2)11/h3H2,1-2H3,(H,9,11,12). The zero-order chi connectivity index (χ0) is 11.1. The number of carbonyl (C=O) groups excluding carboxylic acids is 3. The van der Waals surface area contributed by atoms with E-state index in [1.165, 1.54) is 6.92 Å². The predicted octanol–water partition coefficient (Wildman–Crippen LogP) is -1.12. The van der Waals surface area contributed by atoms with Crippen molar-refractivity contribution in [2.45, 2.75) is 13.8 Å². The average molecular weight is 199 g/mol. The van der Waals surface area contributed by atoms with Crippen molar-refractivity contribution in [1.29, 1.82) is 0 Å². The van der Waals surface area contributed by atoms with Gasteiger partial charge in [0.2, 0.25) is 5.91 Å². The highest BCUT2D eigenvalue weighted by Gasteiger charge is 2.31. The van der Waals surface area contributed by atoms with E-state index in [4.69, 9.17) is 5.53 Å². The van der Waals surface area contributed by atoms with E-state index in [1.54, 1.807) is 5.32 Å². The van der Waals surface area contributed by atoms with Crippen molar-refractivity contribution in [2.24, 2.45) is 0 Å². The Morgan fingerprint density at radius 1 is 1.43 bits per heavy atom. The Balaban J connectivity index is 4.59. The Morgan fingerprint density at radius 2 is 2.00 bits per heavy atom. The van der Waals surface area contributed by atoms with E-state index in [2.05, 4.69) is 9.53 Å². The fourth-order valence-corrected chi connectivity index (χ4v) is 0.597. The first-order valence-corrected chi connectivity index (χ1v) is 3.74. The second-order valence-electron chi connectivity index (χ2n) is 2.18. The van der Waals surface area contributed by atoms with E-state index in [0.29, 0.717) is 0 Å². The van der Waals surface area contributed by atoms with E-state index in [9.17, 15) is 14.4 Å². The predicted molar refractivity (Wildman–Crippen MR) is 44.1 cm³/mol. The van der Waals surface area contributed by atoms with Crippen molar-refractivity contribution in [1.82, 2.24) is 5.32 Å². The van der Waals surface area contributed by atoms with E-state index >= 15 is 0 Å². The van der Waals surface area contributed by atoms with Gasteiger partial charge in [-0.1, -0.05) is 0 Å². The minimum atomic E-state index is -1.10. The lowest BCUT2D eigenvalue weighted by Crippen LogP contribution is -2.39. The van der Waals surface area contributed by atoms with Crippen LogP contribution in [0.4, 0.5) is 0 Å². The molecule has 0 radical (unpaired) electrons. The maximum absolute atomic E-state index is 11.0. The van der Waals surface area contributed by atoms with Gasteiger partial charge < -0.3 is 10.3 Å². The number of ether oxygens (including phenoxy) is 1. The summed E-state index contributed by atoms with van der Waals surface area (Å²) in [6.07, 6.45) is 0. The minimum absolute atomic E-state index is 0.0329. The summed E-state index contributed by atoms with van der Waals surface area (Å²) >= 11 is 0. The molecule has 2 amide bonds. The summed E-state index contributed by atoms with van der Waals surface area (Å²) in [6, 6.07) is 0. The van der Waals surface area contributed by atoms with E-state index in [-0.39, 0.29) is 6.61 Å². The number of nitrogens with one attached hydrogen (secondary N) is 1. The topological polar surface area (TPSA) is 109 Å². The molecule has 0 rings (SSSR count). The maximum atomic E-state index is 11.0. The van der Waals surface area contributed by atoms with Gasteiger partial charge in [0.05, 0.1) is 6.61 Å². The molecule has 0 aromatic rings. The van der Waals surface area contributed by atoms with Gasteiger partial charge in [-0.25, -0.2) is 4.79 Å². The van der Waals surface area contributed by atoms with E-state index in [1.807, 2.05) is 0 Å². The summed E-state index contributed by atoms with van der Waals surface area (Å²) in [5, 5.41) is 1.76. The number of imide groups is 1. The molecule has 1 N–H and O–H groups in total. The van der Waals surface area contributed by atoms with Gasteiger partial charge in [0.1, 0.15) is 0 Å². The molecule has 7 heteroatoms. The molecule has 14 heavy (non-hydrogen) atoms. The number of nitrogens with zero attached hydrogens (tertiary/aromatic N) is 2. The Labute approximate surface area is 79.7 Å². The fraction of sp³-hybridized carbons (Fsp3) is 0.429. The molecule has 0 saturated carbocycles. The summed E-state index contributed by atoms with van der Waals surface area (Å²) in [7, 11) is 0. The molecule has 0 aliphatic heterocycles. The van der Waals surface area contributed by atoms with Gasteiger partial charge in [-0.2, -0.15) is 4.79 Å². The van der Waals surface area contributed by atoms with Crippen LogP contribution in [-0.4, -0.2) is 34.9 Å². The third-order valence-corrected chi connectivity index (χ3v) is 1.07. The van der Waals surface area contributed by atoms with Crippen molar-refractivity contribution in [2.75, 3.05) is 6.61 Å². The summed E-state index contributed by atoms with van der Waals surface area (Å²) in [5.41, 5.74) is 7.46. The quantitative estimate of drug-likeness (QED) is 0.204. The van der Waals surface area contributed by atoms with Crippen LogP contribution in [0.15, 0.2) is 0 Å². The number of esters is 1. The Kier molecular flexibility index (Phi) is 4.80. The van der Waals surface area contributed by atoms with Gasteiger partial charge >= 0.3 is 17.6 Å². The molecule has 0 heterocycles. The first kappa shape index (κ1) is 12.0. The van der Waals surface area contributed by atoms with E-state index < -0.39 is 23.5 Å². The first-order chi connectivity index (χ1) is 6.52. The molecule has 0 aliphatic rings. The van der Waals surface area contributed by atoms with Crippen molar-refractivity contribution in [3.63, 3.8) is 0 Å². The van der Waals surface area contributed by atoms with Crippen LogP contribution in [0.2, 0.25) is 0 Å². The average Bonchev–Trinajstić information content (AvgIpc) is 2.04. The molecule has 0 aromatic heterocycles. The lowest BCUT2D eigenvalue weighted by Gasteiger charge is -1.96. The zero-order valence-corrected chi connectivity index (χ0v) is 7.73. The normalized spacial score (nSPS) is 8.43. The molecule has 7 nitrogen and oxygen atoms in total. The number of carbonyl (C=O) groups is 3. The summed E-state index contributed by atoms with van der Waals surface area (Å²) < 4.78 is 4.40. The van der Waals surface area contributed by atoms with Gasteiger partial charge in [-0.3, -0.25) is 14.9 Å². The Morgan fingerprint density at radius 3 is 2.36 bits per heavy atom. The van der Waals surface area contributed by atoms with Crippen molar-refractivity contribution in [3.05, 3.63) is 5.53 Å². The fourth-order valence-electron chi connectivity index (χ4n) is 0.597. The van der Waals surface area contributed by atoms with Crippen molar-refractivity contribution < 1.29 is 23.9 Å². The monoisotopic (exact) mass is 199 g/mol. The van der Waals surface area contributed by atoms with Gasteiger partial charge in [-0.05, 0) is 6.92 Å². The zero-order valence-electron chi connectivity index (χ0n) is 7.73. The summed E-state index contributed by atoms with van der Waals surface area (Å²) in [6.45, 7) is 2.64. The molecular formula is C7H9N3O4. The van der Waals surface area contributed by atoms with Gasteiger partial charge in [0, 0.05) is 6.92 Å². The molecule has 0 spiro atoms. The molecule has 0 aromatic carbocycles. The molecule has 0 unspecified atom stereocenters. The SMILES string of the molecule is CCOC(=O)C(=[N+]=[N-])C(=O)NC(C)=O. The lowest BCUT2D eigenvalue weighted by atomic mass is 10.3. The van der Waals surface area contributed by atoms with Crippen molar-refractivity contribution in [3.8, 4) is 0 Å². The summed E-state index contributed by atoms with van der Waals surface area (Å²) in [4.78, 5) is 34.8. The van der Waals surface area contributed by atoms with Crippen LogP contribution in [0.1, 0.15) is 13.8 Å². The second-order valence-corrected chi connectivity index (χ2v) is 2.18. The van der Waals surface area contributed by atoms with Gasteiger partial charge in [0.25, 0.3) is 0 Å². The minimum Gasteiger partial charge on any atom is -0.457 e. The third kappa shape index (κ3) is 3.59. The highest BCUT2D eigenvalue weighted by molar-refractivity contribution is 6.62. The number of amides is 2. The molecule has 0 aliphatic carbocycles. The molecule has 0 atom stereocenters. The van der Waals surface area contributed by atoms with Crippen molar-refractivity contribution >= 4 is 23.5 Å². The van der Waals surface area contributed by atoms with Gasteiger partial charge in [-0.15, -0.1) is 0 Å². The van der Waals surface area contributed by atoms with Gasteiger partial charge in [0.15, 0.2) is 0 Å². The van der Waals surface area contributed by atoms with Crippen LogP contribution in [0.25, 0.3) is 5.53 Å². The first-order valence-electron chi connectivity index (χ1n) is 3.74. The Hall–Kier alpha value is -2.01. The Bertz CT molecular complexity index is 317. The smallest absolute Gasteiger partial charge is 0.457 e. The maximum Gasteiger partial charge on any atom is 0.463 e. The lowest BCUT2D eigenvalue weighted by molar-refractivity contribution is -0.142. The second kappa shape index (κ2) is 5.60. The molecular weight excluding hydrogens is 190 g/mol. The van der Waals surface area contributed by atoms with Crippen LogP contribution in [-0.2, 0) is 19.1 Å². The molecule has 76 valence electrons. The van der Waals surface area contributed by atoms with Crippen LogP contribution in [0.3, 0.4) is 0 Å². The third-order valence-electron chi connectivity index (χ3n) is 1.07. The number of rotatable bonds is 3. The highest BCUT2D eigenvalue weighted by atomic mass is 16.5. The number of hydrogen-bond acceptors (Lipinski definition) is 4. The molecule has 0 bridgehead atoms.